The fourth-order valence-corrected chi connectivity index (χ4v) is 2.90. The Balaban J connectivity index is 1.66. The van der Waals surface area contributed by atoms with E-state index < -0.39 is 0 Å². The number of urea groups is 1. The van der Waals surface area contributed by atoms with Crippen LogP contribution in [0.1, 0.15) is 5.56 Å². The largest absolute Gasteiger partial charge is 0.323 e. The van der Waals surface area contributed by atoms with Crippen LogP contribution in [0.15, 0.2) is 48.5 Å². The van der Waals surface area contributed by atoms with E-state index in [4.69, 9.17) is 0 Å². The second kappa shape index (κ2) is 6.11. The van der Waals surface area contributed by atoms with Gasteiger partial charge >= 0.3 is 6.03 Å². The molecule has 0 aliphatic carbocycles. The molecule has 2 aromatic carbocycles. The average Bonchev–Trinajstić information content (AvgIpc) is 2.91. The molecule has 112 valence electrons. The second-order valence-corrected chi connectivity index (χ2v) is 5.93. The molecule has 1 N–H and O–H groups in total. The summed E-state index contributed by atoms with van der Waals surface area (Å²) >= 11 is 1.43. The Kier molecular flexibility index (Phi) is 4.02. The Bertz CT molecular complexity index is 768. The van der Waals surface area contributed by atoms with Crippen LogP contribution in [0.3, 0.4) is 0 Å². The summed E-state index contributed by atoms with van der Waals surface area (Å²) in [6, 6.07) is 13.6. The van der Waals surface area contributed by atoms with Crippen molar-refractivity contribution < 1.29 is 9.18 Å². The van der Waals surface area contributed by atoms with Crippen LogP contribution in [0.25, 0.3) is 10.2 Å². The molecule has 0 unspecified atom stereocenters. The number of benzene rings is 2. The number of aromatic nitrogens is 1. The molecule has 1 aromatic heterocycles. The normalized spacial score (nSPS) is 10.6. The van der Waals surface area contributed by atoms with Gasteiger partial charge in [-0.1, -0.05) is 35.6 Å². The van der Waals surface area contributed by atoms with Gasteiger partial charge in [0.2, 0.25) is 0 Å². The van der Waals surface area contributed by atoms with Gasteiger partial charge in [0.05, 0.1) is 10.2 Å². The first-order valence-corrected chi connectivity index (χ1v) is 7.55. The summed E-state index contributed by atoms with van der Waals surface area (Å²) in [5.41, 5.74) is 1.73. The van der Waals surface area contributed by atoms with Gasteiger partial charge in [0, 0.05) is 13.6 Å². The molecule has 22 heavy (non-hydrogen) atoms. The van der Waals surface area contributed by atoms with E-state index in [1.807, 2.05) is 24.3 Å². The molecule has 0 aliphatic heterocycles. The lowest BCUT2D eigenvalue weighted by Crippen LogP contribution is -2.30. The van der Waals surface area contributed by atoms with Gasteiger partial charge in [-0.05, 0) is 29.8 Å². The number of halogens is 1. The van der Waals surface area contributed by atoms with E-state index in [0.29, 0.717) is 11.7 Å². The van der Waals surface area contributed by atoms with Gasteiger partial charge in [0.25, 0.3) is 0 Å². The summed E-state index contributed by atoms with van der Waals surface area (Å²) in [6.07, 6.45) is 0. The van der Waals surface area contributed by atoms with Gasteiger partial charge in [-0.2, -0.15) is 0 Å². The van der Waals surface area contributed by atoms with Crippen molar-refractivity contribution in [3.8, 4) is 0 Å². The highest BCUT2D eigenvalue weighted by molar-refractivity contribution is 7.22. The van der Waals surface area contributed by atoms with Crippen molar-refractivity contribution in [2.75, 3.05) is 12.4 Å². The Labute approximate surface area is 131 Å². The van der Waals surface area contributed by atoms with Gasteiger partial charge in [0.1, 0.15) is 5.82 Å². The molecule has 0 radical (unpaired) electrons. The topological polar surface area (TPSA) is 45.2 Å². The van der Waals surface area contributed by atoms with Crippen molar-refractivity contribution in [3.05, 3.63) is 59.9 Å². The fraction of sp³-hybridized carbons (Fsp3) is 0.125. The number of para-hydroxylation sites is 1. The van der Waals surface area contributed by atoms with E-state index in [0.717, 1.165) is 15.8 Å². The number of thiazole rings is 1. The highest BCUT2D eigenvalue weighted by atomic mass is 32.1. The Morgan fingerprint density at radius 1 is 1.23 bits per heavy atom. The van der Waals surface area contributed by atoms with Crippen molar-refractivity contribution in [3.63, 3.8) is 0 Å². The van der Waals surface area contributed by atoms with Crippen LogP contribution >= 0.6 is 11.3 Å². The molecule has 0 spiro atoms. The van der Waals surface area contributed by atoms with E-state index in [-0.39, 0.29) is 11.8 Å². The van der Waals surface area contributed by atoms with Crippen LogP contribution in [0.5, 0.6) is 0 Å². The zero-order valence-corrected chi connectivity index (χ0v) is 12.7. The third-order valence-corrected chi connectivity index (χ3v) is 4.14. The Hall–Kier alpha value is -2.47. The maximum atomic E-state index is 12.9. The minimum Gasteiger partial charge on any atom is -0.323 e. The predicted molar refractivity (Wildman–Crippen MR) is 86.5 cm³/mol. The third-order valence-electron chi connectivity index (χ3n) is 3.19. The SMILES string of the molecule is CN(Cc1ccc(F)cc1)C(=O)Nc1nc2ccccc2s1. The fourth-order valence-electron chi connectivity index (χ4n) is 2.05. The monoisotopic (exact) mass is 315 g/mol. The Morgan fingerprint density at radius 3 is 2.68 bits per heavy atom. The minimum atomic E-state index is -0.287. The van der Waals surface area contributed by atoms with Gasteiger partial charge in [0.15, 0.2) is 5.13 Å². The number of fused-ring (bicyclic) bond motifs is 1. The molecule has 0 saturated heterocycles. The number of hydrogen-bond donors (Lipinski definition) is 1. The van der Waals surface area contributed by atoms with Crippen LogP contribution in [0.2, 0.25) is 0 Å². The van der Waals surface area contributed by atoms with Crippen molar-refractivity contribution in [2.24, 2.45) is 0 Å². The molecule has 4 nitrogen and oxygen atoms in total. The first kappa shape index (κ1) is 14.5. The standard InChI is InChI=1S/C16H14FN3OS/c1-20(10-11-6-8-12(17)9-7-11)16(21)19-15-18-13-4-2-3-5-14(13)22-15/h2-9H,10H2,1H3,(H,18,19,21). The lowest BCUT2D eigenvalue weighted by atomic mass is 10.2. The van der Waals surface area contributed by atoms with Gasteiger partial charge < -0.3 is 4.90 Å². The first-order chi connectivity index (χ1) is 10.6. The summed E-state index contributed by atoms with van der Waals surface area (Å²) < 4.78 is 13.9. The van der Waals surface area contributed by atoms with E-state index in [9.17, 15) is 9.18 Å². The quantitative estimate of drug-likeness (QED) is 0.791. The summed E-state index contributed by atoms with van der Waals surface area (Å²) in [4.78, 5) is 18.1. The number of rotatable bonds is 3. The molecule has 6 heteroatoms. The first-order valence-electron chi connectivity index (χ1n) is 6.74. The number of nitrogens with one attached hydrogen (secondary N) is 1. The summed E-state index contributed by atoms with van der Waals surface area (Å²) in [6.45, 7) is 0.400. The summed E-state index contributed by atoms with van der Waals surface area (Å²) in [5, 5.41) is 3.35. The molecule has 0 saturated carbocycles. The number of amides is 2. The van der Waals surface area contributed by atoms with Crippen LogP contribution in [-0.4, -0.2) is 23.0 Å². The second-order valence-electron chi connectivity index (χ2n) is 4.90. The van der Waals surface area contributed by atoms with Crippen molar-refractivity contribution in [1.82, 2.24) is 9.88 Å². The van der Waals surface area contributed by atoms with Gasteiger partial charge in [-0.3, -0.25) is 5.32 Å². The van der Waals surface area contributed by atoms with Gasteiger partial charge in [-0.25, -0.2) is 14.2 Å². The van der Waals surface area contributed by atoms with E-state index >= 15 is 0 Å². The Morgan fingerprint density at radius 2 is 1.95 bits per heavy atom. The minimum absolute atomic E-state index is 0.247. The number of hydrogen-bond acceptors (Lipinski definition) is 3. The lowest BCUT2D eigenvalue weighted by molar-refractivity contribution is 0.220. The van der Waals surface area contributed by atoms with Crippen LogP contribution in [0, 0.1) is 5.82 Å². The molecule has 2 amide bonds. The molecule has 1 heterocycles. The van der Waals surface area contributed by atoms with Crippen LogP contribution in [0.4, 0.5) is 14.3 Å². The number of nitrogens with zero attached hydrogens (tertiary/aromatic N) is 2. The van der Waals surface area contributed by atoms with Crippen molar-refractivity contribution >= 4 is 32.7 Å². The molecule has 0 bridgehead atoms. The zero-order chi connectivity index (χ0) is 15.5. The smallest absolute Gasteiger partial charge is 0.323 e. The van der Waals surface area contributed by atoms with E-state index in [1.54, 1.807) is 19.2 Å². The highest BCUT2D eigenvalue weighted by Gasteiger charge is 2.12. The van der Waals surface area contributed by atoms with E-state index in [1.165, 1.54) is 28.4 Å². The number of anilines is 1. The average molecular weight is 315 g/mol. The van der Waals surface area contributed by atoms with Crippen molar-refractivity contribution in [1.29, 1.82) is 0 Å². The molecular formula is C16H14FN3OS. The third kappa shape index (κ3) is 3.23. The van der Waals surface area contributed by atoms with Gasteiger partial charge in [-0.15, -0.1) is 0 Å². The van der Waals surface area contributed by atoms with Crippen LogP contribution < -0.4 is 5.32 Å². The maximum Gasteiger partial charge on any atom is 0.323 e. The van der Waals surface area contributed by atoms with Crippen molar-refractivity contribution in [2.45, 2.75) is 6.54 Å². The van der Waals surface area contributed by atoms with E-state index in [2.05, 4.69) is 10.3 Å². The molecule has 3 aromatic rings. The molecule has 3 rings (SSSR count). The number of carbonyl (C=O) groups excluding carboxylic acids is 1. The zero-order valence-electron chi connectivity index (χ0n) is 11.9. The number of carbonyl (C=O) groups is 1. The molecule has 0 fully saturated rings. The van der Waals surface area contributed by atoms with Crippen LogP contribution in [-0.2, 0) is 6.54 Å². The summed E-state index contributed by atoms with van der Waals surface area (Å²) in [5.74, 6) is -0.287. The summed E-state index contributed by atoms with van der Waals surface area (Å²) in [7, 11) is 1.69. The molecule has 0 aliphatic rings. The molecular weight excluding hydrogens is 301 g/mol. The highest BCUT2D eigenvalue weighted by Crippen LogP contribution is 2.25. The predicted octanol–water partition coefficient (Wildman–Crippen LogP) is 4.10. The molecule has 0 atom stereocenters. The maximum absolute atomic E-state index is 12.9. The lowest BCUT2D eigenvalue weighted by Gasteiger charge is -2.17.